The minimum atomic E-state index is -4.81. The Bertz CT molecular complexity index is 809. The van der Waals surface area contributed by atoms with E-state index in [4.69, 9.17) is 10.5 Å². The molecule has 24 heavy (non-hydrogen) atoms. The molecule has 8 heteroatoms. The molecule has 0 spiro atoms. The largest absolute Gasteiger partial charge is 0.573 e. The van der Waals surface area contributed by atoms with Gasteiger partial charge in [0.05, 0.1) is 11.1 Å². The van der Waals surface area contributed by atoms with Gasteiger partial charge < -0.3 is 14.9 Å². The molecule has 0 saturated carbocycles. The average molecular weight is 334 g/mol. The number of phenolic OH excluding ortho intramolecular Hbond substituents is 2. The van der Waals surface area contributed by atoms with Crippen LogP contribution in [0, 0.1) is 22.7 Å². The van der Waals surface area contributed by atoms with Gasteiger partial charge in [0.2, 0.25) is 0 Å². The molecule has 0 aliphatic heterocycles. The van der Waals surface area contributed by atoms with Crippen LogP contribution < -0.4 is 4.74 Å². The highest BCUT2D eigenvalue weighted by molar-refractivity contribution is 5.62. The van der Waals surface area contributed by atoms with E-state index in [0.29, 0.717) is 5.56 Å². The first kappa shape index (κ1) is 17.0. The molecule has 0 radical (unpaired) electrons. The number of benzene rings is 2. The molecule has 0 aliphatic rings. The van der Waals surface area contributed by atoms with Crippen LogP contribution in [0.3, 0.4) is 0 Å². The minimum Gasteiger partial charge on any atom is -0.506 e. The van der Waals surface area contributed by atoms with Crippen LogP contribution in [0.4, 0.5) is 13.2 Å². The van der Waals surface area contributed by atoms with Crippen LogP contribution in [0.1, 0.15) is 22.3 Å². The molecule has 0 aromatic heterocycles. The Labute approximate surface area is 134 Å². The van der Waals surface area contributed by atoms with Crippen molar-refractivity contribution in [2.75, 3.05) is 0 Å². The van der Waals surface area contributed by atoms with Gasteiger partial charge in [-0.2, -0.15) is 10.5 Å². The fraction of sp³-hybridized carbons (Fsp3) is 0.125. The number of hydrogen-bond acceptors (Lipinski definition) is 5. The maximum Gasteiger partial charge on any atom is 0.573 e. The molecular weight excluding hydrogens is 325 g/mol. The van der Waals surface area contributed by atoms with Gasteiger partial charge in [0.15, 0.2) is 0 Å². The van der Waals surface area contributed by atoms with E-state index in [1.165, 1.54) is 12.1 Å². The predicted octanol–water partition coefficient (Wildman–Crippen LogP) is 3.33. The first-order valence-corrected chi connectivity index (χ1v) is 6.48. The van der Waals surface area contributed by atoms with Crippen molar-refractivity contribution in [2.45, 2.75) is 12.8 Å². The molecule has 0 bridgehead atoms. The van der Waals surface area contributed by atoms with Crippen LogP contribution in [-0.2, 0) is 6.42 Å². The van der Waals surface area contributed by atoms with E-state index in [2.05, 4.69) is 4.74 Å². The van der Waals surface area contributed by atoms with Crippen LogP contribution in [0.15, 0.2) is 30.3 Å². The molecule has 2 N–H and O–H groups in total. The van der Waals surface area contributed by atoms with E-state index in [0.717, 1.165) is 18.2 Å². The maximum absolute atomic E-state index is 12.1. The van der Waals surface area contributed by atoms with E-state index in [-0.39, 0.29) is 23.1 Å². The lowest BCUT2D eigenvalue weighted by atomic mass is 9.94. The number of halogens is 3. The molecule has 0 atom stereocenters. The van der Waals surface area contributed by atoms with Crippen molar-refractivity contribution < 1.29 is 28.1 Å². The Morgan fingerprint density at radius 3 is 1.88 bits per heavy atom. The summed E-state index contributed by atoms with van der Waals surface area (Å²) in [5, 5.41) is 37.6. The van der Waals surface area contributed by atoms with Crippen molar-refractivity contribution in [3.8, 4) is 29.4 Å². The molecule has 0 amide bonds. The molecule has 0 aliphatic carbocycles. The van der Waals surface area contributed by atoms with Gasteiger partial charge in [-0.3, -0.25) is 0 Å². The van der Waals surface area contributed by atoms with Crippen molar-refractivity contribution >= 4 is 0 Å². The number of hydrogen-bond donors (Lipinski definition) is 2. The molecule has 2 rings (SSSR count). The molecule has 2 aromatic carbocycles. The molecule has 2 aromatic rings. The zero-order valence-electron chi connectivity index (χ0n) is 11.9. The second-order valence-electron chi connectivity index (χ2n) is 4.74. The Morgan fingerprint density at radius 1 is 0.958 bits per heavy atom. The number of phenols is 2. The Kier molecular flexibility index (Phi) is 4.52. The van der Waals surface area contributed by atoms with E-state index in [1.807, 2.05) is 0 Å². The number of rotatable bonds is 3. The molecule has 0 heterocycles. The summed E-state index contributed by atoms with van der Waals surface area (Å²) in [6, 6.07) is 9.20. The summed E-state index contributed by atoms with van der Waals surface area (Å²) in [5.41, 5.74) is 0.185. The van der Waals surface area contributed by atoms with Crippen molar-refractivity contribution in [2.24, 2.45) is 0 Å². The van der Waals surface area contributed by atoms with Gasteiger partial charge in [0, 0.05) is 12.5 Å². The summed E-state index contributed by atoms with van der Waals surface area (Å²) in [6.07, 6.45) is -4.85. The van der Waals surface area contributed by atoms with Crippen molar-refractivity contribution in [1.29, 1.82) is 10.5 Å². The maximum atomic E-state index is 12.1. The molecule has 5 nitrogen and oxygen atoms in total. The number of alkyl halides is 3. The van der Waals surface area contributed by atoms with Crippen LogP contribution in [-0.4, -0.2) is 16.6 Å². The summed E-state index contributed by atoms with van der Waals surface area (Å²) in [6.45, 7) is 0. The van der Waals surface area contributed by atoms with Gasteiger partial charge in [-0.05, 0) is 23.3 Å². The Balaban J connectivity index is 2.39. The van der Waals surface area contributed by atoms with Crippen molar-refractivity contribution in [1.82, 2.24) is 0 Å². The number of ether oxygens (including phenoxy) is 1. The fourth-order valence-electron chi connectivity index (χ4n) is 2.15. The SMILES string of the molecule is N#Cc1c(O)cc(O)c(C#N)c1Cc1ccc(OC(F)(F)F)cc1. The monoisotopic (exact) mass is 334 g/mol. The second-order valence-corrected chi connectivity index (χ2v) is 4.74. The third kappa shape index (κ3) is 3.68. The second kappa shape index (κ2) is 6.39. The molecule has 122 valence electrons. The summed E-state index contributed by atoms with van der Waals surface area (Å²) >= 11 is 0. The van der Waals surface area contributed by atoms with E-state index in [1.54, 1.807) is 12.1 Å². The third-order valence-corrected chi connectivity index (χ3v) is 3.15. The first-order valence-electron chi connectivity index (χ1n) is 6.48. The van der Waals surface area contributed by atoms with Gasteiger partial charge in [-0.1, -0.05) is 12.1 Å². The van der Waals surface area contributed by atoms with Gasteiger partial charge in [-0.15, -0.1) is 13.2 Å². The highest BCUT2D eigenvalue weighted by Gasteiger charge is 2.31. The topological polar surface area (TPSA) is 97.3 Å². The highest BCUT2D eigenvalue weighted by atomic mass is 19.4. The number of nitrogens with zero attached hydrogens (tertiary/aromatic N) is 2. The normalized spacial score (nSPS) is 10.7. The van der Waals surface area contributed by atoms with Gasteiger partial charge >= 0.3 is 6.36 Å². The number of aromatic hydroxyl groups is 2. The average Bonchev–Trinajstić information content (AvgIpc) is 2.48. The van der Waals surface area contributed by atoms with E-state index in [9.17, 15) is 23.4 Å². The zero-order valence-corrected chi connectivity index (χ0v) is 11.9. The lowest BCUT2D eigenvalue weighted by Gasteiger charge is -2.11. The van der Waals surface area contributed by atoms with Crippen LogP contribution in [0.2, 0.25) is 0 Å². The molecule has 0 saturated heterocycles. The van der Waals surface area contributed by atoms with Crippen LogP contribution >= 0.6 is 0 Å². The van der Waals surface area contributed by atoms with E-state index < -0.39 is 23.6 Å². The zero-order chi connectivity index (χ0) is 17.9. The summed E-state index contributed by atoms with van der Waals surface area (Å²) in [5.74, 6) is -1.38. The summed E-state index contributed by atoms with van der Waals surface area (Å²) in [7, 11) is 0. The summed E-state index contributed by atoms with van der Waals surface area (Å²) < 4.78 is 40.1. The minimum absolute atomic E-state index is 0.0416. The van der Waals surface area contributed by atoms with Gasteiger partial charge in [0.1, 0.15) is 29.4 Å². The molecular formula is C16H9F3N2O3. The van der Waals surface area contributed by atoms with Crippen LogP contribution in [0.5, 0.6) is 17.2 Å². The van der Waals surface area contributed by atoms with Crippen molar-refractivity contribution in [3.63, 3.8) is 0 Å². The quantitative estimate of drug-likeness (QED) is 0.897. The van der Waals surface area contributed by atoms with Crippen molar-refractivity contribution in [3.05, 3.63) is 52.6 Å². The molecule has 0 unspecified atom stereocenters. The Hall–Kier alpha value is -3.39. The third-order valence-electron chi connectivity index (χ3n) is 3.15. The lowest BCUT2D eigenvalue weighted by Crippen LogP contribution is -2.17. The fourth-order valence-corrected chi connectivity index (χ4v) is 2.15. The van der Waals surface area contributed by atoms with E-state index >= 15 is 0 Å². The number of nitriles is 2. The predicted molar refractivity (Wildman–Crippen MR) is 75.1 cm³/mol. The summed E-state index contributed by atoms with van der Waals surface area (Å²) in [4.78, 5) is 0. The molecule has 0 fully saturated rings. The Morgan fingerprint density at radius 2 is 1.46 bits per heavy atom. The highest BCUT2D eigenvalue weighted by Crippen LogP contribution is 2.33. The van der Waals surface area contributed by atoms with Crippen LogP contribution in [0.25, 0.3) is 0 Å². The van der Waals surface area contributed by atoms with Gasteiger partial charge in [0.25, 0.3) is 0 Å². The standard InChI is InChI=1S/C16H9F3N2O3/c17-16(18,19)24-10-3-1-9(2-4-10)5-11-12(7-20)14(22)6-15(23)13(11)8-21/h1-4,6,22-23H,5H2. The smallest absolute Gasteiger partial charge is 0.506 e. The first-order chi connectivity index (χ1) is 11.2. The van der Waals surface area contributed by atoms with Gasteiger partial charge in [-0.25, -0.2) is 0 Å². The lowest BCUT2D eigenvalue weighted by molar-refractivity contribution is -0.274.